The summed E-state index contributed by atoms with van der Waals surface area (Å²) >= 11 is 0. The predicted octanol–water partition coefficient (Wildman–Crippen LogP) is 3.28. The fourth-order valence-corrected chi connectivity index (χ4v) is 3.12. The SMILES string of the molecule is Cc1ccc(Cn2ccc(NC(=O)C3(C)Oc4ccc(C)cc4NC3=O)n2)cc1. The number of fused-ring (bicyclic) bond motifs is 1. The van der Waals surface area contributed by atoms with E-state index in [1.807, 2.05) is 44.2 Å². The first-order chi connectivity index (χ1) is 13.8. The van der Waals surface area contributed by atoms with Crippen LogP contribution in [0.25, 0.3) is 0 Å². The zero-order chi connectivity index (χ0) is 20.6. The molecule has 0 spiro atoms. The number of aryl methyl sites for hydroxylation is 2. The lowest BCUT2D eigenvalue weighted by Crippen LogP contribution is -2.56. The molecule has 1 aliphatic rings. The Morgan fingerprint density at radius 2 is 1.86 bits per heavy atom. The molecule has 2 aromatic carbocycles. The Hall–Kier alpha value is -3.61. The molecule has 0 radical (unpaired) electrons. The third kappa shape index (κ3) is 3.71. The summed E-state index contributed by atoms with van der Waals surface area (Å²) in [5, 5.41) is 9.81. The van der Waals surface area contributed by atoms with Gasteiger partial charge in [0.05, 0.1) is 12.2 Å². The predicted molar refractivity (Wildman–Crippen MR) is 110 cm³/mol. The molecule has 0 saturated carbocycles. The molecule has 0 saturated heterocycles. The van der Waals surface area contributed by atoms with Gasteiger partial charge in [-0.05, 0) is 44.0 Å². The third-order valence-electron chi connectivity index (χ3n) is 4.91. The fourth-order valence-electron chi connectivity index (χ4n) is 3.12. The van der Waals surface area contributed by atoms with E-state index in [4.69, 9.17) is 4.74 Å². The van der Waals surface area contributed by atoms with Crippen LogP contribution >= 0.6 is 0 Å². The Kier molecular flexibility index (Phi) is 4.58. The molecule has 29 heavy (non-hydrogen) atoms. The van der Waals surface area contributed by atoms with Gasteiger partial charge in [0, 0.05) is 12.3 Å². The maximum Gasteiger partial charge on any atom is 0.279 e. The van der Waals surface area contributed by atoms with E-state index in [1.165, 1.54) is 12.5 Å². The van der Waals surface area contributed by atoms with Gasteiger partial charge >= 0.3 is 0 Å². The number of carbonyl (C=O) groups is 2. The third-order valence-corrected chi connectivity index (χ3v) is 4.91. The van der Waals surface area contributed by atoms with Crippen molar-refractivity contribution in [2.24, 2.45) is 0 Å². The fraction of sp³-hybridized carbons (Fsp3) is 0.227. The molecule has 1 atom stereocenters. The molecule has 2 N–H and O–H groups in total. The van der Waals surface area contributed by atoms with Gasteiger partial charge in [-0.1, -0.05) is 35.9 Å². The number of hydrogen-bond acceptors (Lipinski definition) is 4. The minimum Gasteiger partial charge on any atom is -0.466 e. The van der Waals surface area contributed by atoms with Crippen LogP contribution < -0.4 is 15.4 Å². The molecule has 0 aliphatic carbocycles. The van der Waals surface area contributed by atoms with Gasteiger partial charge < -0.3 is 15.4 Å². The number of nitrogens with zero attached hydrogens (tertiary/aromatic N) is 2. The number of nitrogens with one attached hydrogen (secondary N) is 2. The van der Waals surface area contributed by atoms with Crippen LogP contribution in [0.1, 0.15) is 23.6 Å². The Labute approximate surface area is 168 Å². The van der Waals surface area contributed by atoms with E-state index in [-0.39, 0.29) is 0 Å². The summed E-state index contributed by atoms with van der Waals surface area (Å²) in [5.74, 6) is -0.291. The molecule has 3 aromatic rings. The normalized spacial score (nSPS) is 17.8. The molecule has 0 fully saturated rings. The molecular formula is C22H22N4O3. The monoisotopic (exact) mass is 390 g/mol. The number of aromatic nitrogens is 2. The van der Waals surface area contributed by atoms with Crippen molar-refractivity contribution >= 4 is 23.3 Å². The molecule has 1 unspecified atom stereocenters. The van der Waals surface area contributed by atoms with Gasteiger partial charge in [0.15, 0.2) is 5.82 Å². The van der Waals surface area contributed by atoms with Gasteiger partial charge in [0.2, 0.25) is 0 Å². The second-order valence-electron chi connectivity index (χ2n) is 7.43. The lowest BCUT2D eigenvalue weighted by atomic mass is 10.0. The first kappa shape index (κ1) is 18.7. The Bertz CT molecular complexity index is 1090. The van der Waals surface area contributed by atoms with E-state index >= 15 is 0 Å². The number of anilines is 2. The molecule has 2 amide bonds. The molecule has 4 rings (SSSR count). The zero-order valence-electron chi connectivity index (χ0n) is 16.5. The van der Waals surface area contributed by atoms with E-state index in [1.54, 1.807) is 29.1 Å². The van der Waals surface area contributed by atoms with Gasteiger partial charge in [0.25, 0.3) is 17.4 Å². The minimum atomic E-state index is -1.69. The standard InChI is InChI=1S/C22H22N4O3/c1-14-4-7-16(8-5-14)13-26-11-10-19(25-26)24-21(28)22(3)20(27)23-17-12-15(2)6-9-18(17)29-22/h4-12H,13H2,1-3H3,(H,23,27)(H,24,25,28). The average molecular weight is 390 g/mol. The van der Waals surface area contributed by atoms with E-state index < -0.39 is 17.4 Å². The molecule has 7 nitrogen and oxygen atoms in total. The van der Waals surface area contributed by atoms with Crippen LogP contribution in [-0.4, -0.2) is 27.2 Å². The Morgan fingerprint density at radius 1 is 1.14 bits per heavy atom. The largest absolute Gasteiger partial charge is 0.466 e. The molecule has 148 valence electrons. The van der Waals surface area contributed by atoms with Crippen LogP contribution in [0.3, 0.4) is 0 Å². The highest BCUT2D eigenvalue weighted by molar-refractivity contribution is 6.18. The van der Waals surface area contributed by atoms with Crippen molar-refractivity contribution < 1.29 is 14.3 Å². The van der Waals surface area contributed by atoms with Crippen molar-refractivity contribution in [3.8, 4) is 5.75 Å². The summed E-state index contributed by atoms with van der Waals surface area (Å²) in [7, 11) is 0. The van der Waals surface area contributed by atoms with Gasteiger partial charge in [0.1, 0.15) is 5.75 Å². The molecule has 1 aromatic heterocycles. The van der Waals surface area contributed by atoms with Crippen LogP contribution in [0, 0.1) is 13.8 Å². The molecular weight excluding hydrogens is 368 g/mol. The van der Waals surface area contributed by atoms with Gasteiger partial charge in [-0.15, -0.1) is 0 Å². The first-order valence-electron chi connectivity index (χ1n) is 9.35. The minimum absolute atomic E-state index is 0.356. The maximum absolute atomic E-state index is 12.8. The number of ether oxygens (including phenoxy) is 1. The Balaban J connectivity index is 1.47. The summed E-state index contributed by atoms with van der Waals surface area (Å²) in [6, 6.07) is 15.3. The second-order valence-corrected chi connectivity index (χ2v) is 7.43. The summed E-state index contributed by atoms with van der Waals surface area (Å²) in [5.41, 5.74) is 2.15. The summed E-state index contributed by atoms with van der Waals surface area (Å²) in [4.78, 5) is 25.4. The van der Waals surface area contributed by atoms with E-state index in [2.05, 4.69) is 15.7 Å². The number of rotatable bonds is 4. The molecule has 7 heteroatoms. The highest BCUT2D eigenvalue weighted by Crippen LogP contribution is 2.34. The quantitative estimate of drug-likeness (QED) is 0.670. The average Bonchev–Trinajstić information content (AvgIpc) is 3.11. The van der Waals surface area contributed by atoms with Crippen molar-refractivity contribution in [3.63, 3.8) is 0 Å². The van der Waals surface area contributed by atoms with Crippen LogP contribution in [0.15, 0.2) is 54.7 Å². The highest BCUT2D eigenvalue weighted by atomic mass is 16.5. The summed E-state index contributed by atoms with van der Waals surface area (Å²) in [6.07, 6.45) is 1.78. The smallest absolute Gasteiger partial charge is 0.279 e. The van der Waals surface area contributed by atoms with Crippen LogP contribution in [-0.2, 0) is 16.1 Å². The number of amides is 2. The lowest BCUT2D eigenvalue weighted by molar-refractivity contribution is -0.143. The zero-order valence-corrected chi connectivity index (χ0v) is 16.5. The van der Waals surface area contributed by atoms with Crippen LogP contribution in [0.2, 0.25) is 0 Å². The number of benzene rings is 2. The number of carbonyl (C=O) groups excluding carboxylic acids is 2. The van der Waals surface area contributed by atoms with Crippen molar-refractivity contribution in [2.75, 3.05) is 10.6 Å². The second kappa shape index (κ2) is 7.09. The van der Waals surface area contributed by atoms with Crippen molar-refractivity contribution in [2.45, 2.75) is 32.9 Å². The molecule has 0 bridgehead atoms. The summed E-state index contributed by atoms with van der Waals surface area (Å²) < 4.78 is 7.50. The van der Waals surface area contributed by atoms with Crippen LogP contribution in [0.4, 0.5) is 11.5 Å². The molecule has 2 heterocycles. The van der Waals surface area contributed by atoms with Crippen LogP contribution in [0.5, 0.6) is 5.75 Å². The highest BCUT2D eigenvalue weighted by Gasteiger charge is 2.47. The van der Waals surface area contributed by atoms with Crippen molar-refractivity contribution in [1.29, 1.82) is 0 Å². The maximum atomic E-state index is 12.8. The number of hydrogen-bond donors (Lipinski definition) is 2. The van der Waals surface area contributed by atoms with E-state index in [0.717, 1.165) is 11.1 Å². The van der Waals surface area contributed by atoms with Crippen molar-refractivity contribution in [3.05, 3.63) is 71.4 Å². The topological polar surface area (TPSA) is 85.3 Å². The molecule has 1 aliphatic heterocycles. The van der Waals surface area contributed by atoms with Gasteiger partial charge in [-0.3, -0.25) is 14.3 Å². The van der Waals surface area contributed by atoms with Gasteiger partial charge in [-0.25, -0.2) is 0 Å². The van der Waals surface area contributed by atoms with Gasteiger partial charge in [-0.2, -0.15) is 5.10 Å². The lowest BCUT2D eigenvalue weighted by Gasteiger charge is -2.33. The first-order valence-corrected chi connectivity index (χ1v) is 9.35. The summed E-state index contributed by atoms with van der Waals surface area (Å²) in [6.45, 7) is 5.98. The van der Waals surface area contributed by atoms with E-state index in [9.17, 15) is 9.59 Å². The van der Waals surface area contributed by atoms with Crippen molar-refractivity contribution in [1.82, 2.24) is 9.78 Å². The van der Waals surface area contributed by atoms with E-state index in [0.29, 0.717) is 23.8 Å². The Morgan fingerprint density at radius 3 is 2.62 bits per heavy atom.